The van der Waals surface area contributed by atoms with Gasteiger partial charge in [-0.05, 0) is 33.8 Å². The van der Waals surface area contributed by atoms with E-state index in [-0.39, 0.29) is 6.04 Å². The van der Waals surface area contributed by atoms with E-state index in [0.717, 1.165) is 10.7 Å². The van der Waals surface area contributed by atoms with Crippen molar-refractivity contribution in [3.05, 3.63) is 22.7 Å². The van der Waals surface area contributed by atoms with Crippen LogP contribution in [0, 0.1) is 0 Å². The minimum atomic E-state index is -0.487. The molecule has 0 aromatic carbocycles. The maximum absolute atomic E-state index is 11.5. The summed E-state index contributed by atoms with van der Waals surface area (Å²) >= 11 is 1.49. The third-order valence-corrected chi connectivity index (χ3v) is 2.90. The second-order valence-corrected chi connectivity index (χ2v) is 5.57. The Hall–Kier alpha value is -1.36. The Morgan fingerprint density at radius 1 is 1.65 bits per heavy atom. The second kappa shape index (κ2) is 5.31. The molecule has 94 valence electrons. The van der Waals surface area contributed by atoms with Crippen molar-refractivity contribution < 1.29 is 9.53 Å². The molecule has 1 rings (SSSR count). The molecule has 0 aliphatic carbocycles. The number of alkyl carbamates (subject to hydrolysis) is 1. The third kappa shape index (κ3) is 4.56. The van der Waals surface area contributed by atoms with Crippen LogP contribution in [0.15, 0.2) is 12.0 Å². The van der Waals surface area contributed by atoms with E-state index >= 15 is 0 Å². The number of rotatable bonds is 3. The van der Waals surface area contributed by atoms with Crippen LogP contribution in [-0.4, -0.2) is 16.7 Å². The average molecular weight is 254 g/mol. The molecule has 5 heteroatoms. The fourth-order valence-electron chi connectivity index (χ4n) is 1.14. The summed E-state index contributed by atoms with van der Waals surface area (Å²) in [6.45, 7) is 11.0. The first-order valence-electron chi connectivity index (χ1n) is 5.39. The molecule has 1 unspecified atom stereocenters. The molecule has 0 aliphatic rings. The summed E-state index contributed by atoms with van der Waals surface area (Å²) in [5.74, 6) is 0. The molecule has 0 spiro atoms. The molecule has 0 saturated carbocycles. The van der Waals surface area contributed by atoms with Gasteiger partial charge in [-0.3, -0.25) is 0 Å². The van der Waals surface area contributed by atoms with Crippen molar-refractivity contribution in [3.63, 3.8) is 0 Å². The van der Waals surface area contributed by atoms with Crippen molar-refractivity contribution in [1.82, 2.24) is 10.3 Å². The molecule has 1 heterocycles. The quantitative estimate of drug-likeness (QED) is 0.899. The van der Waals surface area contributed by atoms with Crippen molar-refractivity contribution in [2.45, 2.75) is 39.3 Å². The van der Waals surface area contributed by atoms with Gasteiger partial charge in [0.15, 0.2) is 0 Å². The van der Waals surface area contributed by atoms with Crippen molar-refractivity contribution in [1.29, 1.82) is 0 Å². The van der Waals surface area contributed by atoms with E-state index in [2.05, 4.69) is 16.9 Å². The van der Waals surface area contributed by atoms with Gasteiger partial charge in [0.2, 0.25) is 0 Å². The zero-order valence-electron chi connectivity index (χ0n) is 10.6. The monoisotopic (exact) mass is 254 g/mol. The first-order valence-corrected chi connectivity index (χ1v) is 6.27. The van der Waals surface area contributed by atoms with Crippen LogP contribution in [0.25, 0.3) is 6.08 Å². The minimum absolute atomic E-state index is 0.163. The number of thiazole rings is 1. The van der Waals surface area contributed by atoms with Crippen LogP contribution in [0.4, 0.5) is 4.79 Å². The first kappa shape index (κ1) is 13.7. The van der Waals surface area contributed by atoms with E-state index in [1.165, 1.54) is 11.3 Å². The standard InChI is InChI=1S/C12H18N2O2S/c1-6-9-7-17-10(14-9)8(2)13-11(15)16-12(3,4)5/h6-8H,1H2,2-5H3,(H,13,15). The molecule has 1 atom stereocenters. The molecule has 17 heavy (non-hydrogen) atoms. The molecule has 4 nitrogen and oxygen atoms in total. The van der Waals surface area contributed by atoms with Crippen LogP contribution in [0.1, 0.15) is 44.4 Å². The minimum Gasteiger partial charge on any atom is -0.444 e. The summed E-state index contributed by atoms with van der Waals surface area (Å²) in [6.07, 6.45) is 1.25. The van der Waals surface area contributed by atoms with Gasteiger partial charge in [-0.1, -0.05) is 6.58 Å². The lowest BCUT2D eigenvalue weighted by molar-refractivity contribution is 0.0508. The zero-order chi connectivity index (χ0) is 13.1. The van der Waals surface area contributed by atoms with Crippen LogP contribution < -0.4 is 5.32 Å². The van der Waals surface area contributed by atoms with Crippen molar-refractivity contribution in [2.24, 2.45) is 0 Å². The van der Waals surface area contributed by atoms with Gasteiger partial charge in [-0.25, -0.2) is 9.78 Å². The summed E-state index contributed by atoms with van der Waals surface area (Å²) in [5, 5.41) is 5.48. The van der Waals surface area contributed by atoms with Crippen LogP contribution in [-0.2, 0) is 4.74 Å². The summed E-state index contributed by atoms with van der Waals surface area (Å²) in [4.78, 5) is 15.9. The number of hydrogen-bond donors (Lipinski definition) is 1. The molecule has 0 radical (unpaired) electrons. The maximum Gasteiger partial charge on any atom is 0.408 e. The summed E-state index contributed by atoms with van der Waals surface area (Å²) in [6, 6.07) is -0.163. The smallest absolute Gasteiger partial charge is 0.408 e. The van der Waals surface area contributed by atoms with Gasteiger partial charge in [0.1, 0.15) is 10.6 Å². The van der Waals surface area contributed by atoms with E-state index in [0.29, 0.717) is 0 Å². The topological polar surface area (TPSA) is 51.2 Å². The zero-order valence-corrected chi connectivity index (χ0v) is 11.4. The molecule has 0 aliphatic heterocycles. The predicted octanol–water partition coefficient (Wildman–Crippen LogP) is 3.37. The molecule has 0 saturated heterocycles. The molecule has 0 fully saturated rings. The Balaban J connectivity index is 2.57. The molecular weight excluding hydrogens is 236 g/mol. The Labute approximate surface area is 106 Å². The lowest BCUT2D eigenvalue weighted by atomic mass is 10.2. The van der Waals surface area contributed by atoms with Gasteiger partial charge in [-0.15, -0.1) is 11.3 Å². The molecular formula is C12H18N2O2S. The van der Waals surface area contributed by atoms with Crippen LogP contribution in [0.5, 0.6) is 0 Å². The number of nitrogens with zero attached hydrogens (tertiary/aromatic N) is 1. The van der Waals surface area contributed by atoms with Crippen molar-refractivity contribution in [3.8, 4) is 0 Å². The van der Waals surface area contributed by atoms with E-state index in [4.69, 9.17) is 4.74 Å². The molecule has 1 amide bonds. The predicted molar refractivity (Wildman–Crippen MR) is 70.0 cm³/mol. The van der Waals surface area contributed by atoms with Gasteiger partial charge >= 0.3 is 6.09 Å². The fraction of sp³-hybridized carbons (Fsp3) is 0.500. The SMILES string of the molecule is C=Cc1csc(C(C)NC(=O)OC(C)(C)C)n1. The van der Waals surface area contributed by atoms with Crippen LogP contribution >= 0.6 is 11.3 Å². The van der Waals surface area contributed by atoms with Gasteiger partial charge in [-0.2, -0.15) is 0 Å². The molecule has 0 bridgehead atoms. The molecule has 1 aromatic rings. The van der Waals surface area contributed by atoms with E-state index in [1.807, 2.05) is 33.1 Å². The highest BCUT2D eigenvalue weighted by molar-refractivity contribution is 7.09. The van der Waals surface area contributed by atoms with Gasteiger partial charge < -0.3 is 10.1 Å². The van der Waals surface area contributed by atoms with E-state index in [9.17, 15) is 4.79 Å². The Bertz CT molecular complexity index is 407. The van der Waals surface area contributed by atoms with Crippen molar-refractivity contribution in [2.75, 3.05) is 0 Å². The van der Waals surface area contributed by atoms with Gasteiger partial charge in [0, 0.05) is 5.38 Å². The van der Waals surface area contributed by atoms with Gasteiger partial charge in [0.05, 0.1) is 11.7 Å². The summed E-state index contributed by atoms with van der Waals surface area (Å²) < 4.78 is 5.17. The highest BCUT2D eigenvalue weighted by Crippen LogP contribution is 2.19. The third-order valence-electron chi connectivity index (χ3n) is 1.85. The Kier molecular flexibility index (Phi) is 4.28. The Morgan fingerprint density at radius 3 is 2.76 bits per heavy atom. The first-order chi connectivity index (χ1) is 7.81. The highest BCUT2D eigenvalue weighted by atomic mass is 32.1. The van der Waals surface area contributed by atoms with Crippen LogP contribution in [0.3, 0.4) is 0 Å². The largest absolute Gasteiger partial charge is 0.444 e. The van der Waals surface area contributed by atoms with Crippen LogP contribution in [0.2, 0.25) is 0 Å². The van der Waals surface area contributed by atoms with Gasteiger partial charge in [0.25, 0.3) is 0 Å². The Morgan fingerprint density at radius 2 is 2.29 bits per heavy atom. The number of nitrogens with one attached hydrogen (secondary N) is 1. The number of hydrogen-bond acceptors (Lipinski definition) is 4. The number of ether oxygens (including phenoxy) is 1. The average Bonchev–Trinajstić information content (AvgIpc) is 2.62. The number of aromatic nitrogens is 1. The molecule has 1 aromatic heterocycles. The second-order valence-electron chi connectivity index (χ2n) is 4.68. The number of carbonyl (C=O) groups excluding carboxylic acids is 1. The van der Waals surface area contributed by atoms with E-state index < -0.39 is 11.7 Å². The fourth-order valence-corrected chi connectivity index (χ4v) is 1.95. The normalized spacial score (nSPS) is 12.9. The number of amides is 1. The highest BCUT2D eigenvalue weighted by Gasteiger charge is 2.19. The van der Waals surface area contributed by atoms with Crippen molar-refractivity contribution >= 4 is 23.5 Å². The van der Waals surface area contributed by atoms with E-state index in [1.54, 1.807) is 6.08 Å². The summed E-state index contributed by atoms with van der Waals surface area (Å²) in [5.41, 5.74) is 0.335. The molecule has 1 N–H and O–H groups in total. The summed E-state index contributed by atoms with van der Waals surface area (Å²) in [7, 11) is 0. The maximum atomic E-state index is 11.5. The lowest BCUT2D eigenvalue weighted by Crippen LogP contribution is -2.34. The lowest BCUT2D eigenvalue weighted by Gasteiger charge is -2.21. The number of carbonyl (C=O) groups is 1.